The summed E-state index contributed by atoms with van der Waals surface area (Å²) < 4.78 is 16.3. The van der Waals surface area contributed by atoms with E-state index < -0.39 is 11.0 Å². The van der Waals surface area contributed by atoms with Crippen LogP contribution in [-0.4, -0.2) is 9.92 Å². The Bertz CT molecular complexity index is 573. The summed E-state index contributed by atoms with van der Waals surface area (Å²) in [6.07, 6.45) is 0. The van der Waals surface area contributed by atoms with Crippen LogP contribution >= 0.6 is 0 Å². The molecule has 0 heterocycles. The second-order valence-corrected chi connectivity index (χ2v) is 5.26. The minimum absolute atomic E-state index is 0.732. The van der Waals surface area contributed by atoms with Crippen molar-refractivity contribution < 1.29 is 4.21 Å². The highest BCUT2D eigenvalue weighted by Crippen LogP contribution is 2.11. The van der Waals surface area contributed by atoms with Gasteiger partial charge in [0, 0.05) is 0 Å². The molecule has 1 atom stereocenters. The Hall–Kier alpha value is -1.74. The molecule has 18 heavy (non-hydrogen) atoms. The third-order valence-corrected chi connectivity index (χ3v) is 3.75. The molecule has 1 unspecified atom stereocenters. The Kier molecular flexibility index (Phi) is 4.05. The Morgan fingerprint density at radius 3 is 2.22 bits per heavy atom. The summed E-state index contributed by atoms with van der Waals surface area (Å²) in [5.41, 5.74) is 2.94. The lowest BCUT2D eigenvalue weighted by Crippen LogP contribution is -1.97. The monoisotopic (exact) mass is 257 g/mol. The summed E-state index contributed by atoms with van der Waals surface area (Å²) in [4.78, 5) is 0.732. The van der Waals surface area contributed by atoms with Gasteiger partial charge in [0.25, 0.3) is 0 Å². The van der Waals surface area contributed by atoms with Gasteiger partial charge in [-0.3, -0.25) is 0 Å². The number of hydrogen-bond donors (Lipinski definition) is 0. The summed E-state index contributed by atoms with van der Waals surface area (Å²) in [7, 11) is -1.33. The molecule has 0 radical (unpaired) electrons. The lowest BCUT2D eigenvalue weighted by atomic mass is 10.1. The molecule has 0 aromatic heterocycles. The van der Waals surface area contributed by atoms with Crippen molar-refractivity contribution in [3.63, 3.8) is 0 Å². The van der Waals surface area contributed by atoms with E-state index >= 15 is 0 Å². The molecule has 0 fully saturated rings. The van der Waals surface area contributed by atoms with Crippen LogP contribution in [0.4, 0.5) is 0 Å². The van der Waals surface area contributed by atoms with Crippen molar-refractivity contribution in [2.75, 3.05) is 0 Å². The molecule has 0 aliphatic carbocycles. The fraction of sp³-hybridized carbons (Fsp3) is 0.133. The van der Waals surface area contributed by atoms with E-state index in [0.29, 0.717) is 0 Å². The topological polar surface area (TPSA) is 29.4 Å². The normalized spacial score (nSPS) is 13.3. The summed E-state index contributed by atoms with van der Waals surface area (Å²) >= 11 is 0. The zero-order valence-corrected chi connectivity index (χ0v) is 11.3. The second kappa shape index (κ2) is 5.74. The minimum atomic E-state index is -1.33. The van der Waals surface area contributed by atoms with Crippen LogP contribution in [0, 0.1) is 6.92 Å². The molecule has 3 heteroatoms. The average molecular weight is 257 g/mol. The van der Waals surface area contributed by atoms with Crippen molar-refractivity contribution >= 4 is 16.7 Å². The number of nitrogens with zero attached hydrogens (tertiary/aromatic N) is 1. The molecule has 2 nitrogen and oxygen atoms in total. The Balaban J connectivity index is 2.23. The first-order valence-corrected chi connectivity index (χ1v) is 6.87. The first-order valence-electron chi connectivity index (χ1n) is 5.76. The molecule has 0 aliphatic rings. The largest absolute Gasteiger partial charge is 0.229 e. The number of hydrogen-bond acceptors (Lipinski definition) is 1. The fourth-order valence-corrected chi connectivity index (χ4v) is 2.39. The van der Waals surface area contributed by atoms with Gasteiger partial charge in [-0.1, -0.05) is 48.0 Å². The molecule has 0 N–H and O–H groups in total. The lowest BCUT2D eigenvalue weighted by molar-refractivity contribution is 0.684. The number of rotatable bonds is 3. The molecular formula is C15H15NOS. The standard InChI is InChI=1S/C15H15NOS/c1-12-8-10-15(11-9-12)18(17)16-13(2)14-6-4-3-5-7-14/h3-11H,1-2H3. The van der Waals surface area contributed by atoms with E-state index in [1.807, 2.05) is 68.4 Å². The molecule has 2 aromatic rings. The van der Waals surface area contributed by atoms with Gasteiger partial charge in [-0.05, 0) is 31.5 Å². The van der Waals surface area contributed by atoms with Gasteiger partial charge in [0.1, 0.15) is 0 Å². The van der Waals surface area contributed by atoms with Crippen LogP contribution < -0.4 is 0 Å². The zero-order chi connectivity index (χ0) is 13.0. The van der Waals surface area contributed by atoms with Crippen LogP contribution in [0.15, 0.2) is 63.9 Å². The van der Waals surface area contributed by atoms with Crippen molar-refractivity contribution in [2.45, 2.75) is 18.7 Å². The van der Waals surface area contributed by atoms with Crippen LogP contribution in [-0.2, 0) is 11.0 Å². The van der Waals surface area contributed by atoms with Crippen LogP contribution in [0.25, 0.3) is 0 Å². The molecule has 92 valence electrons. The van der Waals surface area contributed by atoms with Crippen molar-refractivity contribution in [1.82, 2.24) is 0 Å². The van der Waals surface area contributed by atoms with E-state index in [2.05, 4.69) is 4.40 Å². The van der Waals surface area contributed by atoms with Crippen LogP contribution in [0.1, 0.15) is 18.1 Å². The first kappa shape index (κ1) is 12.7. The lowest BCUT2D eigenvalue weighted by Gasteiger charge is -2.01. The van der Waals surface area contributed by atoms with Gasteiger partial charge in [0.15, 0.2) is 11.0 Å². The van der Waals surface area contributed by atoms with Crippen molar-refractivity contribution in [2.24, 2.45) is 4.40 Å². The zero-order valence-electron chi connectivity index (χ0n) is 10.5. The highest BCUT2D eigenvalue weighted by atomic mass is 32.2. The van der Waals surface area contributed by atoms with Crippen molar-refractivity contribution in [1.29, 1.82) is 0 Å². The summed E-state index contributed by atoms with van der Waals surface area (Å²) in [6, 6.07) is 17.4. The maximum absolute atomic E-state index is 12.1. The van der Waals surface area contributed by atoms with Gasteiger partial charge < -0.3 is 0 Å². The quantitative estimate of drug-likeness (QED) is 0.773. The summed E-state index contributed by atoms with van der Waals surface area (Å²) in [6.45, 7) is 3.88. The molecule has 2 rings (SSSR count). The Morgan fingerprint density at radius 1 is 1.00 bits per heavy atom. The number of aryl methyl sites for hydroxylation is 1. The molecule has 0 saturated carbocycles. The van der Waals surface area contributed by atoms with E-state index in [9.17, 15) is 4.21 Å². The average Bonchev–Trinajstić information content (AvgIpc) is 2.40. The molecule has 0 spiro atoms. The van der Waals surface area contributed by atoms with E-state index in [4.69, 9.17) is 0 Å². The molecule has 0 amide bonds. The van der Waals surface area contributed by atoms with Crippen LogP contribution in [0.3, 0.4) is 0 Å². The summed E-state index contributed by atoms with van der Waals surface area (Å²) in [5.74, 6) is 0. The molecule has 0 aliphatic heterocycles. The fourth-order valence-electron chi connectivity index (χ4n) is 1.56. The summed E-state index contributed by atoms with van der Waals surface area (Å²) in [5, 5.41) is 0. The molecule has 0 bridgehead atoms. The maximum Gasteiger partial charge on any atom is 0.172 e. The van der Waals surface area contributed by atoms with Crippen molar-refractivity contribution in [3.05, 3.63) is 65.7 Å². The van der Waals surface area contributed by atoms with Gasteiger partial charge in [-0.25, -0.2) is 4.21 Å². The van der Waals surface area contributed by atoms with E-state index in [1.165, 1.54) is 0 Å². The highest BCUT2D eigenvalue weighted by Gasteiger charge is 2.03. The number of benzene rings is 2. The predicted molar refractivity (Wildman–Crippen MR) is 76.2 cm³/mol. The first-order chi connectivity index (χ1) is 8.66. The van der Waals surface area contributed by atoms with Gasteiger partial charge >= 0.3 is 0 Å². The third kappa shape index (κ3) is 3.14. The minimum Gasteiger partial charge on any atom is -0.229 e. The van der Waals surface area contributed by atoms with Crippen LogP contribution in [0.5, 0.6) is 0 Å². The molecule has 0 saturated heterocycles. The smallest absolute Gasteiger partial charge is 0.172 e. The van der Waals surface area contributed by atoms with E-state index in [0.717, 1.165) is 21.7 Å². The maximum atomic E-state index is 12.1. The Morgan fingerprint density at radius 2 is 1.61 bits per heavy atom. The van der Waals surface area contributed by atoms with Gasteiger partial charge in [-0.15, -0.1) is 0 Å². The SMILES string of the molecule is CC(=NS(=O)c1ccc(C)cc1)c1ccccc1. The van der Waals surface area contributed by atoms with Gasteiger partial charge in [0.05, 0.1) is 10.6 Å². The van der Waals surface area contributed by atoms with Crippen LogP contribution in [0.2, 0.25) is 0 Å². The van der Waals surface area contributed by atoms with E-state index in [-0.39, 0.29) is 0 Å². The van der Waals surface area contributed by atoms with Crippen molar-refractivity contribution in [3.8, 4) is 0 Å². The van der Waals surface area contributed by atoms with Gasteiger partial charge in [-0.2, -0.15) is 4.40 Å². The van der Waals surface area contributed by atoms with Gasteiger partial charge in [0.2, 0.25) is 0 Å². The third-order valence-electron chi connectivity index (χ3n) is 2.63. The predicted octanol–water partition coefficient (Wildman–Crippen LogP) is 3.53. The second-order valence-electron chi connectivity index (χ2n) is 4.10. The molecule has 2 aromatic carbocycles. The Labute approximate surface area is 110 Å². The molecular weight excluding hydrogens is 242 g/mol. The highest BCUT2D eigenvalue weighted by molar-refractivity contribution is 7.83. The van der Waals surface area contributed by atoms with E-state index in [1.54, 1.807) is 0 Å².